The van der Waals surface area contributed by atoms with Gasteiger partial charge in [0.05, 0.1) is 5.56 Å². The molecule has 2 aromatic carbocycles. The number of carbonyl (C=O) groups excluding carboxylic acids is 1. The van der Waals surface area contributed by atoms with Crippen LogP contribution in [0.1, 0.15) is 15.9 Å². The first-order valence-corrected chi connectivity index (χ1v) is 6.35. The Balaban J connectivity index is 2.25. The predicted octanol–water partition coefficient (Wildman–Crippen LogP) is 4.14. The van der Waals surface area contributed by atoms with Crippen molar-refractivity contribution in [2.45, 2.75) is 6.92 Å². The molecule has 98 valence electrons. The largest absolute Gasteiger partial charge is 0.398 e. The minimum atomic E-state index is -0.278. The smallest absolute Gasteiger partial charge is 0.257 e. The van der Waals surface area contributed by atoms with E-state index in [0.717, 1.165) is 5.56 Å². The van der Waals surface area contributed by atoms with Gasteiger partial charge in [0, 0.05) is 21.4 Å². The van der Waals surface area contributed by atoms with Crippen LogP contribution in [-0.4, -0.2) is 5.91 Å². The number of nitrogen functional groups attached to an aromatic ring is 1. The molecule has 0 fully saturated rings. The zero-order chi connectivity index (χ0) is 14.0. The first-order chi connectivity index (χ1) is 8.97. The van der Waals surface area contributed by atoms with E-state index in [4.69, 9.17) is 28.9 Å². The van der Waals surface area contributed by atoms with Crippen LogP contribution in [0.5, 0.6) is 0 Å². The molecule has 3 nitrogen and oxygen atoms in total. The van der Waals surface area contributed by atoms with Gasteiger partial charge in [-0.05, 0) is 48.9 Å². The number of nitrogens with one attached hydrogen (secondary N) is 1. The fourth-order valence-corrected chi connectivity index (χ4v) is 2.10. The zero-order valence-electron chi connectivity index (χ0n) is 10.2. The molecule has 0 aromatic heterocycles. The summed E-state index contributed by atoms with van der Waals surface area (Å²) < 4.78 is 0. The quantitative estimate of drug-likeness (QED) is 0.818. The lowest BCUT2D eigenvalue weighted by Gasteiger charge is -2.10. The number of aryl methyl sites for hydroxylation is 1. The van der Waals surface area contributed by atoms with Gasteiger partial charge in [0.1, 0.15) is 0 Å². The second-order valence-corrected chi connectivity index (χ2v) is 5.02. The van der Waals surface area contributed by atoms with E-state index in [1.165, 1.54) is 0 Å². The summed E-state index contributed by atoms with van der Waals surface area (Å²) in [6.07, 6.45) is 0. The summed E-state index contributed by atoms with van der Waals surface area (Å²) in [4.78, 5) is 12.1. The summed E-state index contributed by atoms with van der Waals surface area (Å²) in [6.45, 7) is 1.87. The summed E-state index contributed by atoms with van der Waals surface area (Å²) in [5.41, 5.74) is 8.08. The summed E-state index contributed by atoms with van der Waals surface area (Å²) >= 11 is 11.7. The minimum absolute atomic E-state index is 0.278. The molecule has 19 heavy (non-hydrogen) atoms. The maximum Gasteiger partial charge on any atom is 0.257 e. The highest BCUT2D eigenvalue weighted by Gasteiger charge is 2.11. The van der Waals surface area contributed by atoms with Crippen molar-refractivity contribution in [2.24, 2.45) is 0 Å². The first-order valence-electron chi connectivity index (χ1n) is 5.60. The number of rotatable bonds is 2. The standard InChI is InChI=1S/C14H12Cl2N2O/c1-8-6-9(15)3-5-13(8)18-14(19)11-4-2-10(16)7-12(11)17/h2-7H,17H2,1H3,(H,18,19). The Morgan fingerprint density at radius 2 is 1.74 bits per heavy atom. The van der Waals surface area contributed by atoms with Crippen LogP contribution >= 0.6 is 23.2 Å². The van der Waals surface area contributed by atoms with E-state index in [-0.39, 0.29) is 5.91 Å². The van der Waals surface area contributed by atoms with Crippen LogP contribution in [0.15, 0.2) is 36.4 Å². The molecule has 0 saturated heterocycles. The Morgan fingerprint density at radius 3 is 2.37 bits per heavy atom. The van der Waals surface area contributed by atoms with E-state index in [2.05, 4.69) is 5.32 Å². The van der Waals surface area contributed by atoms with Crippen molar-refractivity contribution < 1.29 is 4.79 Å². The van der Waals surface area contributed by atoms with E-state index in [0.29, 0.717) is 27.0 Å². The second-order valence-electron chi connectivity index (χ2n) is 4.14. The molecular formula is C14H12Cl2N2O. The third-order valence-corrected chi connectivity index (χ3v) is 3.17. The van der Waals surface area contributed by atoms with Crippen molar-refractivity contribution in [3.63, 3.8) is 0 Å². The van der Waals surface area contributed by atoms with E-state index < -0.39 is 0 Å². The average molecular weight is 295 g/mol. The summed E-state index contributed by atoms with van der Waals surface area (Å²) in [6, 6.07) is 10.0. The van der Waals surface area contributed by atoms with Crippen LogP contribution in [-0.2, 0) is 0 Å². The molecular weight excluding hydrogens is 283 g/mol. The van der Waals surface area contributed by atoms with Gasteiger partial charge in [0.2, 0.25) is 0 Å². The summed E-state index contributed by atoms with van der Waals surface area (Å²) in [5, 5.41) is 3.92. The van der Waals surface area contributed by atoms with Gasteiger partial charge in [-0.2, -0.15) is 0 Å². The third-order valence-electron chi connectivity index (χ3n) is 2.69. The molecule has 1 amide bonds. The number of nitrogens with two attached hydrogens (primary N) is 1. The van der Waals surface area contributed by atoms with Gasteiger partial charge >= 0.3 is 0 Å². The van der Waals surface area contributed by atoms with Crippen LogP contribution in [0.2, 0.25) is 10.0 Å². The fourth-order valence-electron chi connectivity index (χ4n) is 1.70. The molecule has 0 spiro atoms. The third kappa shape index (κ3) is 3.19. The SMILES string of the molecule is Cc1cc(Cl)ccc1NC(=O)c1ccc(Cl)cc1N. The van der Waals surface area contributed by atoms with Crippen LogP contribution in [0.25, 0.3) is 0 Å². The molecule has 0 bridgehead atoms. The van der Waals surface area contributed by atoms with Gasteiger partial charge in [-0.1, -0.05) is 23.2 Å². The Hall–Kier alpha value is -1.71. The van der Waals surface area contributed by atoms with Crippen molar-refractivity contribution in [1.29, 1.82) is 0 Å². The van der Waals surface area contributed by atoms with E-state index in [1.54, 1.807) is 36.4 Å². The van der Waals surface area contributed by atoms with Crippen LogP contribution < -0.4 is 11.1 Å². The molecule has 2 rings (SSSR count). The lowest BCUT2D eigenvalue weighted by atomic mass is 10.1. The Morgan fingerprint density at radius 1 is 1.11 bits per heavy atom. The number of amides is 1. The second kappa shape index (κ2) is 5.51. The fraction of sp³-hybridized carbons (Fsp3) is 0.0714. The highest BCUT2D eigenvalue weighted by Crippen LogP contribution is 2.22. The zero-order valence-corrected chi connectivity index (χ0v) is 11.7. The topological polar surface area (TPSA) is 55.1 Å². The maximum atomic E-state index is 12.1. The number of anilines is 2. The number of halogens is 2. The van der Waals surface area contributed by atoms with Crippen LogP contribution in [0, 0.1) is 6.92 Å². The number of hydrogen-bond donors (Lipinski definition) is 2. The van der Waals surface area contributed by atoms with Gasteiger partial charge < -0.3 is 11.1 Å². The molecule has 0 heterocycles. The molecule has 0 saturated carbocycles. The first kappa shape index (κ1) is 13.7. The van der Waals surface area contributed by atoms with Gasteiger partial charge in [-0.15, -0.1) is 0 Å². The molecule has 0 atom stereocenters. The van der Waals surface area contributed by atoms with Gasteiger partial charge in [-0.3, -0.25) is 4.79 Å². The highest BCUT2D eigenvalue weighted by molar-refractivity contribution is 6.31. The molecule has 0 unspecified atom stereocenters. The number of carbonyl (C=O) groups is 1. The molecule has 0 aliphatic heterocycles. The van der Waals surface area contributed by atoms with Crippen molar-refractivity contribution >= 4 is 40.5 Å². The van der Waals surface area contributed by atoms with E-state index in [1.807, 2.05) is 6.92 Å². The Labute approximate surface area is 121 Å². The predicted molar refractivity (Wildman–Crippen MR) is 80.0 cm³/mol. The Bertz CT molecular complexity index is 641. The van der Waals surface area contributed by atoms with Crippen LogP contribution in [0.3, 0.4) is 0 Å². The minimum Gasteiger partial charge on any atom is -0.398 e. The lowest BCUT2D eigenvalue weighted by Crippen LogP contribution is -2.14. The van der Waals surface area contributed by atoms with Gasteiger partial charge in [-0.25, -0.2) is 0 Å². The molecule has 2 aromatic rings. The van der Waals surface area contributed by atoms with Crippen molar-refractivity contribution in [3.05, 3.63) is 57.6 Å². The molecule has 0 aliphatic rings. The van der Waals surface area contributed by atoms with Crippen molar-refractivity contribution in [1.82, 2.24) is 0 Å². The van der Waals surface area contributed by atoms with Crippen molar-refractivity contribution in [3.8, 4) is 0 Å². The number of benzene rings is 2. The van der Waals surface area contributed by atoms with Crippen molar-refractivity contribution in [2.75, 3.05) is 11.1 Å². The molecule has 0 aliphatic carbocycles. The summed E-state index contributed by atoms with van der Waals surface area (Å²) in [5.74, 6) is -0.278. The monoisotopic (exact) mass is 294 g/mol. The highest BCUT2D eigenvalue weighted by atomic mass is 35.5. The normalized spacial score (nSPS) is 10.3. The average Bonchev–Trinajstić information content (AvgIpc) is 2.32. The molecule has 0 radical (unpaired) electrons. The maximum absolute atomic E-state index is 12.1. The van der Waals surface area contributed by atoms with E-state index in [9.17, 15) is 4.79 Å². The Kier molecular flexibility index (Phi) is 3.98. The molecule has 3 N–H and O–H groups in total. The van der Waals surface area contributed by atoms with Crippen LogP contribution in [0.4, 0.5) is 11.4 Å². The number of hydrogen-bond acceptors (Lipinski definition) is 2. The van der Waals surface area contributed by atoms with Gasteiger partial charge in [0.25, 0.3) is 5.91 Å². The van der Waals surface area contributed by atoms with Gasteiger partial charge in [0.15, 0.2) is 0 Å². The lowest BCUT2D eigenvalue weighted by molar-refractivity contribution is 0.102. The summed E-state index contributed by atoms with van der Waals surface area (Å²) in [7, 11) is 0. The molecule has 5 heteroatoms. The van der Waals surface area contributed by atoms with E-state index >= 15 is 0 Å².